The number of aromatic nitrogens is 7. The molecule has 0 aliphatic heterocycles. The molecule has 4 aromatic rings. The molecule has 160 valence electrons. The highest BCUT2D eigenvalue weighted by Gasteiger charge is 2.30. The van der Waals surface area contributed by atoms with E-state index < -0.39 is 0 Å². The van der Waals surface area contributed by atoms with E-state index in [9.17, 15) is 9.59 Å². The van der Waals surface area contributed by atoms with Crippen LogP contribution in [-0.4, -0.2) is 39.8 Å². The first kappa shape index (κ1) is 19.7. The first-order valence-corrected chi connectivity index (χ1v) is 11.3. The fourth-order valence-corrected chi connectivity index (χ4v) is 4.77. The SMILES string of the molecule is CCn1c(=O)c2ccccc2n2c(CSc3nnc(CCC(N)=O)n3C3CC3)nnc12. The number of rotatable bonds is 8. The second-order valence-corrected chi connectivity index (χ2v) is 8.52. The first-order valence-electron chi connectivity index (χ1n) is 10.3. The number of amides is 1. The van der Waals surface area contributed by atoms with E-state index in [4.69, 9.17) is 5.73 Å². The molecule has 31 heavy (non-hydrogen) atoms. The average molecular weight is 439 g/mol. The van der Waals surface area contributed by atoms with Gasteiger partial charge in [-0.3, -0.25) is 18.6 Å². The standard InChI is InChI=1S/C20H22N8O2S/c1-2-26-18(30)13-5-3-4-6-14(13)28-17(23-24-19(26)28)11-31-20-25-22-16(10-9-15(21)29)27(20)12-7-8-12/h3-6,12H,2,7-11H2,1H3,(H2,21,29). The molecule has 0 bridgehead atoms. The summed E-state index contributed by atoms with van der Waals surface area (Å²) in [5.41, 5.74) is 6.03. The summed E-state index contributed by atoms with van der Waals surface area (Å²) in [6.07, 6.45) is 2.90. The summed E-state index contributed by atoms with van der Waals surface area (Å²) in [4.78, 5) is 24.0. The Morgan fingerprint density at radius 1 is 1.16 bits per heavy atom. The number of benzene rings is 1. The van der Waals surface area contributed by atoms with Crippen LogP contribution in [0.25, 0.3) is 16.7 Å². The molecule has 5 rings (SSSR count). The Labute approximate surface area is 181 Å². The number of aryl methyl sites for hydroxylation is 2. The number of hydrogen-bond acceptors (Lipinski definition) is 7. The minimum absolute atomic E-state index is 0.0650. The fraction of sp³-hybridized carbons (Fsp3) is 0.400. The minimum Gasteiger partial charge on any atom is -0.370 e. The number of nitrogens with zero attached hydrogens (tertiary/aromatic N) is 7. The predicted octanol–water partition coefficient (Wildman–Crippen LogP) is 1.70. The highest BCUT2D eigenvalue weighted by molar-refractivity contribution is 7.98. The van der Waals surface area contributed by atoms with E-state index in [0.29, 0.717) is 35.9 Å². The number of hydrogen-bond donors (Lipinski definition) is 1. The van der Waals surface area contributed by atoms with Gasteiger partial charge >= 0.3 is 0 Å². The van der Waals surface area contributed by atoms with Crippen LogP contribution < -0.4 is 11.3 Å². The van der Waals surface area contributed by atoms with Gasteiger partial charge in [-0.05, 0) is 31.9 Å². The van der Waals surface area contributed by atoms with Gasteiger partial charge in [-0.15, -0.1) is 20.4 Å². The van der Waals surface area contributed by atoms with Gasteiger partial charge in [-0.2, -0.15) is 0 Å². The second-order valence-electron chi connectivity index (χ2n) is 7.57. The van der Waals surface area contributed by atoms with Gasteiger partial charge in [0.15, 0.2) is 5.16 Å². The third kappa shape index (κ3) is 3.48. The van der Waals surface area contributed by atoms with Crippen molar-refractivity contribution in [3.05, 3.63) is 46.3 Å². The third-order valence-electron chi connectivity index (χ3n) is 5.46. The smallest absolute Gasteiger partial charge is 0.262 e. The molecule has 3 heterocycles. The van der Waals surface area contributed by atoms with Gasteiger partial charge < -0.3 is 10.3 Å². The maximum Gasteiger partial charge on any atom is 0.262 e. The lowest BCUT2D eigenvalue weighted by molar-refractivity contribution is -0.118. The topological polar surface area (TPSA) is 126 Å². The summed E-state index contributed by atoms with van der Waals surface area (Å²) in [7, 11) is 0. The number of nitrogens with two attached hydrogens (primary N) is 1. The number of thioether (sulfide) groups is 1. The maximum absolute atomic E-state index is 12.8. The molecular weight excluding hydrogens is 416 g/mol. The highest BCUT2D eigenvalue weighted by Crippen LogP contribution is 2.39. The van der Waals surface area contributed by atoms with Crippen molar-refractivity contribution in [3.8, 4) is 0 Å². The number of fused-ring (bicyclic) bond motifs is 3. The molecule has 11 heteroatoms. The van der Waals surface area contributed by atoms with Gasteiger partial charge in [-0.25, -0.2) is 0 Å². The van der Waals surface area contributed by atoms with Gasteiger partial charge in [0.2, 0.25) is 11.7 Å². The number of primary amides is 1. The highest BCUT2D eigenvalue weighted by atomic mass is 32.2. The quantitative estimate of drug-likeness (QED) is 0.415. The van der Waals surface area contributed by atoms with Crippen LogP contribution in [-0.2, 0) is 23.5 Å². The Hall–Kier alpha value is -3.21. The molecule has 1 fully saturated rings. The summed E-state index contributed by atoms with van der Waals surface area (Å²) in [5.74, 6) is 2.24. The molecule has 0 saturated heterocycles. The minimum atomic E-state index is -0.344. The monoisotopic (exact) mass is 438 g/mol. The van der Waals surface area contributed by atoms with Crippen molar-refractivity contribution < 1.29 is 4.79 Å². The Bertz CT molecular complexity index is 1350. The predicted molar refractivity (Wildman–Crippen MR) is 116 cm³/mol. The van der Waals surface area contributed by atoms with Crippen molar-refractivity contribution >= 4 is 34.3 Å². The molecule has 1 saturated carbocycles. The van der Waals surface area contributed by atoms with Crippen molar-refractivity contribution in [2.24, 2.45) is 5.73 Å². The number of carbonyl (C=O) groups is 1. The van der Waals surface area contributed by atoms with Crippen LogP contribution in [0.3, 0.4) is 0 Å². The Morgan fingerprint density at radius 3 is 2.68 bits per heavy atom. The molecule has 1 aromatic carbocycles. The molecule has 0 radical (unpaired) electrons. The van der Waals surface area contributed by atoms with Crippen molar-refractivity contribution in [1.82, 2.24) is 33.9 Å². The Kier molecular flexibility index (Phi) is 4.97. The van der Waals surface area contributed by atoms with Crippen LogP contribution in [0.4, 0.5) is 0 Å². The summed E-state index contributed by atoms with van der Waals surface area (Å²) in [6, 6.07) is 7.88. The zero-order valence-electron chi connectivity index (χ0n) is 17.1. The molecule has 2 N–H and O–H groups in total. The molecule has 0 spiro atoms. The van der Waals surface area contributed by atoms with Crippen molar-refractivity contribution in [2.45, 2.75) is 56.1 Å². The largest absolute Gasteiger partial charge is 0.370 e. The number of para-hydroxylation sites is 1. The van der Waals surface area contributed by atoms with E-state index in [2.05, 4.69) is 25.0 Å². The summed E-state index contributed by atoms with van der Waals surface area (Å²) in [5, 5.41) is 18.8. The van der Waals surface area contributed by atoms with Crippen molar-refractivity contribution in [1.29, 1.82) is 0 Å². The van der Waals surface area contributed by atoms with Crippen molar-refractivity contribution in [3.63, 3.8) is 0 Å². The van der Waals surface area contributed by atoms with Gasteiger partial charge in [0, 0.05) is 25.4 Å². The van der Waals surface area contributed by atoms with Crippen LogP contribution in [0.1, 0.15) is 43.9 Å². The molecule has 10 nitrogen and oxygen atoms in total. The zero-order chi connectivity index (χ0) is 21.5. The average Bonchev–Trinajstić information content (AvgIpc) is 3.39. The van der Waals surface area contributed by atoms with E-state index in [0.717, 1.165) is 35.2 Å². The molecule has 1 amide bonds. The van der Waals surface area contributed by atoms with Crippen LogP contribution in [0, 0.1) is 0 Å². The second kappa shape index (κ2) is 7.80. The summed E-state index contributed by atoms with van der Waals surface area (Å²) < 4.78 is 5.70. The third-order valence-corrected chi connectivity index (χ3v) is 6.40. The zero-order valence-corrected chi connectivity index (χ0v) is 17.9. The van der Waals surface area contributed by atoms with Gasteiger partial charge in [0.05, 0.1) is 16.7 Å². The fourth-order valence-electron chi connectivity index (χ4n) is 3.83. The van der Waals surface area contributed by atoms with E-state index >= 15 is 0 Å². The maximum atomic E-state index is 12.8. The Balaban J connectivity index is 1.51. The van der Waals surface area contributed by atoms with Crippen LogP contribution in [0.2, 0.25) is 0 Å². The van der Waals surface area contributed by atoms with E-state index in [1.165, 1.54) is 11.8 Å². The molecular formula is C20H22N8O2S. The lowest BCUT2D eigenvalue weighted by atomic mass is 10.2. The summed E-state index contributed by atoms with van der Waals surface area (Å²) in [6.45, 7) is 2.43. The lowest BCUT2D eigenvalue weighted by Crippen LogP contribution is -2.22. The van der Waals surface area contributed by atoms with E-state index in [1.54, 1.807) is 4.57 Å². The van der Waals surface area contributed by atoms with Crippen LogP contribution in [0.15, 0.2) is 34.2 Å². The molecule has 1 aliphatic carbocycles. The molecule has 1 aliphatic rings. The Morgan fingerprint density at radius 2 is 1.94 bits per heavy atom. The molecule has 3 aromatic heterocycles. The van der Waals surface area contributed by atoms with Gasteiger partial charge in [-0.1, -0.05) is 23.9 Å². The van der Waals surface area contributed by atoms with Gasteiger partial charge in [0.25, 0.3) is 5.56 Å². The van der Waals surface area contributed by atoms with Crippen LogP contribution >= 0.6 is 11.8 Å². The van der Waals surface area contributed by atoms with Gasteiger partial charge in [0.1, 0.15) is 11.6 Å². The number of carbonyl (C=O) groups excluding carboxylic acids is 1. The van der Waals surface area contributed by atoms with E-state index in [-0.39, 0.29) is 17.9 Å². The first-order chi connectivity index (χ1) is 15.1. The van der Waals surface area contributed by atoms with Crippen molar-refractivity contribution in [2.75, 3.05) is 0 Å². The van der Waals surface area contributed by atoms with Crippen LogP contribution in [0.5, 0.6) is 0 Å². The molecule has 0 atom stereocenters. The van der Waals surface area contributed by atoms with E-state index in [1.807, 2.05) is 35.6 Å². The normalized spacial score (nSPS) is 14.0. The summed E-state index contributed by atoms with van der Waals surface area (Å²) >= 11 is 1.53. The lowest BCUT2D eigenvalue weighted by Gasteiger charge is -2.10. The molecule has 0 unspecified atom stereocenters.